The van der Waals surface area contributed by atoms with Gasteiger partial charge in [-0.05, 0) is 12.1 Å². The lowest BCUT2D eigenvalue weighted by molar-refractivity contribution is 0.0741. The number of carbonyl (C=O) groups excluding carboxylic acids is 1. The molecule has 1 amide bonds. The number of rotatable bonds is 3. The number of methoxy groups -OCH3 is 1. The van der Waals surface area contributed by atoms with Gasteiger partial charge in [-0.3, -0.25) is 9.45 Å². The predicted octanol–water partition coefficient (Wildman–Crippen LogP) is 0.908. The number of aromatic amines is 1. The van der Waals surface area contributed by atoms with E-state index >= 15 is 0 Å². The van der Waals surface area contributed by atoms with Crippen LogP contribution in [0.15, 0.2) is 30.6 Å². The SMILES string of the molecule is COc1ccnc(N2CCN(C(=O)c3ccc[nH]3)CC2)n1.OCl. The summed E-state index contributed by atoms with van der Waals surface area (Å²) in [4.78, 5) is 27.6. The van der Waals surface area contributed by atoms with Gasteiger partial charge in [0, 0.05) is 44.6 Å². The Balaban J connectivity index is 0.000000924. The molecule has 3 heterocycles. The van der Waals surface area contributed by atoms with Gasteiger partial charge in [0.25, 0.3) is 5.91 Å². The molecule has 0 aromatic carbocycles. The summed E-state index contributed by atoms with van der Waals surface area (Å²) in [6.07, 6.45) is 3.44. The standard InChI is InChI=1S/C14H17N5O2.ClHO/c1-21-12-4-6-16-14(17-12)19-9-7-18(8-10-19)13(20)11-3-2-5-15-11;1-2/h2-6,15H,7-10H2,1H3;2H. The maximum atomic E-state index is 12.2. The van der Waals surface area contributed by atoms with Crippen molar-refractivity contribution in [3.63, 3.8) is 0 Å². The second kappa shape index (κ2) is 8.35. The van der Waals surface area contributed by atoms with Gasteiger partial charge in [0.05, 0.1) is 19.0 Å². The zero-order valence-electron chi connectivity index (χ0n) is 12.6. The van der Waals surface area contributed by atoms with Gasteiger partial charge < -0.3 is 19.5 Å². The Labute approximate surface area is 138 Å². The molecule has 3 rings (SSSR count). The van der Waals surface area contributed by atoms with Crippen molar-refractivity contribution in [3.8, 4) is 5.88 Å². The normalized spacial score (nSPS) is 14.0. The van der Waals surface area contributed by atoms with Crippen molar-refractivity contribution in [1.82, 2.24) is 19.9 Å². The van der Waals surface area contributed by atoms with Gasteiger partial charge >= 0.3 is 0 Å². The first-order valence-electron chi connectivity index (χ1n) is 6.99. The smallest absolute Gasteiger partial charge is 0.270 e. The fourth-order valence-corrected chi connectivity index (χ4v) is 2.34. The molecule has 0 saturated carbocycles. The molecule has 2 aromatic heterocycles. The third-order valence-electron chi connectivity index (χ3n) is 3.50. The van der Waals surface area contributed by atoms with Crippen LogP contribution in [0.1, 0.15) is 10.5 Å². The molecule has 0 bridgehead atoms. The van der Waals surface area contributed by atoms with Crippen LogP contribution in [0.5, 0.6) is 5.88 Å². The van der Waals surface area contributed by atoms with E-state index in [0.717, 1.165) is 0 Å². The van der Waals surface area contributed by atoms with E-state index in [0.29, 0.717) is 43.7 Å². The summed E-state index contributed by atoms with van der Waals surface area (Å²) in [5.74, 6) is 1.22. The summed E-state index contributed by atoms with van der Waals surface area (Å²) >= 11 is 3.64. The monoisotopic (exact) mass is 339 g/mol. The third-order valence-corrected chi connectivity index (χ3v) is 3.50. The Morgan fingerprint density at radius 2 is 2.04 bits per heavy atom. The van der Waals surface area contributed by atoms with Crippen molar-refractivity contribution in [3.05, 3.63) is 36.3 Å². The van der Waals surface area contributed by atoms with Crippen LogP contribution in [0.4, 0.5) is 5.95 Å². The number of nitrogens with one attached hydrogen (secondary N) is 1. The Kier molecular flexibility index (Phi) is 6.19. The molecule has 1 fully saturated rings. The number of amides is 1. The molecule has 0 aliphatic carbocycles. The van der Waals surface area contributed by atoms with Gasteiger partial charge in [-0.25, -0.2) is 4.98 Å². The van der Waals surface area contributed by atoms with Gasteiger partial charge in [-0.1, -0.05) is 0 Å². The highest BCUT2D eigenvalue weighted by Crippen LogP contribution is 2.15. The fraction of sp³-hybridized carbons (Fsp3) is 0.357. The molecule has 0 atom stereocenters. The minimum atomic E-state index is 0.0335. The van der Waals surface area contributed by atoms with Gasteiger partial charge in [-0.15, -0.1) is 0 Å². The minimum absolute atomic E-state index is 0.0335. The molecule has 0 unspecified atom stereocenters. The first-order chi connectivity index (χ1) is 11.3. The summed E-state index contributed by atoms with van der Waals surface area (Å²) in [6.45, 7) is 2.72. The maximum Gasteiger partial charge on any atom is 0.270 e. The average molecular weight is 340 g/mol. The Morgan fingerprint density at radius 3 is 2.65 bits per heavy atom. The van der Waals surface area contributed by atoms with E-state index in [9.17, 15) is 4.79 Å². The predicted molar refractivity (Wildman–Crippen MR) is 85.6 cm³/mol. The van der Waals surface area contributed by atoms with Crippen molar-refractivity contribution in [2.45, 2.75) is 0 Å². The zero-order chi connectivity index (χ0) is 16.7. The Bertz CT molecular complexity index is 615. The van der Waals surface area contributed by atoms with E-state index in [4.69, 9.17) is 9.40 Å². The van der Waals surface area contributed by atoms with Crippen LogP contribution < -0.4 is 9.64 Å². The molecule has 2 aromatic rings. The maximum absolute atomic E-state index is 12.2. The molecule has 0 spiro atoms. The summed E-state index contributed by atoms with van der Waals surface area (Å²) < 4.78 is 11.6. The number of ether oxygens (including phenoxy) is 1. The van der Waals surface area contributed by atoms with E-state index < -0.39 is 0 Å². The lowest BCUT2D eigenvalue weighted by Crippen LogP contribution is -2.49. The number of piperazine rings is 1. The first-order valence-corrected chi connectivity index (χ1v) is 7.33. The van der Waals surface area contributed by atoms with Crippen molar-refractivity contribution >= 4 is 23.7 Å². The number of nitrogens with zero attached hydrogens (tertiary/aromatic N) is 4. The minimum Gasteiger partial charge on any atom is -0.481 e. The largest absolute Gasteiger partial charge is 0.481 e. The quantitative estimate of drug-likeness (QED) is 0.863. The number of H-pyrrole nitrogens is 1. The number of halogens is 1. The zero-order valence-corrected chi connectivity index (χ0v) is 13.4. The van der Waals surface area contributed by atoms with Crippen LogP contribution >= 0.6 is 11.9 Å². The van der Waals surface area contributed by atoms with E-state index in [1.165, 1.54) is 0 Å². The highest BCUT2D eigenvalue weighted by molar-refractivity contribution is 6.04. The summed E-state index contributed by atoms with van der Waals surface area (Å²) in [5.41, 5.74) is 0.626. The summed E-state index contributed by atoms with van der Waals surface area (Å²) in [7, 11) is 1.58. The van der Waals surface area contributed by atoms with Gasteiger partial charge in [0.1, 0.15) is 5.69 Å². The van der Waals surface area contributed by atoms with Crippen LogP contribution in [0, 0.1) is 0 Å². The molecule has 1 saturated heterocycles. The molecule has 0 radical (unpaired) electrons. The highest BCUT2D eigenvalue weighted by atomic mass is 35.5. The second-order valence-electron chi connectivity index (χ2n) is 4.76. The van der Waals surface area contributed by atoms with Crippen molar-refractivity contribution in [2.24, 2.45) is 0 Å². The molecular weight excluding hydrogens is 322 g/mol. The van der Waals surface area contributed by atoms with E-state index in [-0.39, 0.29) is 5.91 Å². The second-order valence-corrected chi connectivity index (χ2v) is 4.76. The van der Waals surface area contributed by atoms with Gasteiger partial charge in [-0.2, -0.15) is 4.98 Å². The molecular formula is C14H18ClN5O3. The number of aromatic nitrogens is 3. The third kappa shape index (κ3) is 4.11. The molecule has 124 valence electrons. The number of hydrogen-bond acceptors (Lipinski definition) is 6. The van der Waals surface area contributed by atoms with Crippen molar-refractivity contribution < 1.29 is 14.2 Å². The van der Waals surface area contributed by atoms with Crippen LogP contribution in [-0.2, 0) is 0 Å². The van der Waals surface area contributed by atoms with Crippen LogP contribution in [-0.4, -0.2) is 63.7 Å². The fourth-order valence-electron chi connectivity index (χ4n) is 2.34. The van der Waals surface area contributed by atoms with E-state index in [2.05, 4.69) is 31.7 Å². The lowest BCUT2D eigenvalue weighted by Gasteiger charge is -2.34. The van der Waals surface area contributed by atoms with Crippen LogP contribution in [0.25, 0.3) is 0 Å². The molecule has 1 aliphatic rings. The van der Waals surface area contributed by atoms with Gasteiger partial charge in [0.2, 0.25) is 11.8 Å². The van der Waals surface area contributed by atoms with Crippen LogP contribution in [0.3, 0.4) is 0 Å². The number of anilines is 1. The van der Waals surface area contributed by atoms with Gasteiger partial charge in [0.15, 0.2) is 0 Å². The average Bonchev–Trinajstić information content (AvgIpc) is 3.18. The Hall–Kier alpha value is -2.32. The topological polar surface area (TPSA) is 94.6 Å². The lowest BCUT2D eigenvalue weighted by atomic mass is 10.3. The highest BCUT2D eigenvalue weighted by Gasteiger charge is 2.23. The number of carbonyl (C=O) groups is 1. The molecule has 1 aliphatic heterocycles. The molecule has 2 N–H and O–H groups in total. The van der Waals surface area contributed by atoms with E-state index in [1.807, 2.05) is 11.0 Å². The summed E-state index contributed by atoms with van der Waals surface area (Å²) in [6, 6.07) is 5.34. The molecule has 8 nitrogen and oxygen atoms in total. The summed E-state index contributed by atoms with van der Waals surface area (Å²) in [5, 5.41) is 0. The molecule has 9 heteroatoms. The van der Waals surface area contributed by atoms with Crippen LogP contribution in [0.2, 0.25) is 0 Å². The first kappa shape index (κ1) is 17.0. The van der Waals surface area contributed by atoms with E-state index in [1.54, 1.807) is 31.6 Å². The Morgan fingerprint density at radius 1 is 1.30 bits per heavy atom. The molecule has 23 heavy (non-hydrogen) atoms. The van der Waals surface area contributed by atoms with Crippen molar-refractivity contribution in [1.29, 1.82) is 0 Å². The van der Waals surface area contributed by atoms with Crippen molar-refractivity contribution in [2.75, 3.05) is 38.2 Å². The number of hydrogen-bond donors (Lipinski definition) is 2.